The first-order valence-electron chi connectivity index (χ1n) is 5.83. The highest BCUT2D eigenvalue weighted by molar-refractivity contribution is 6.00. The molecule has 1 unspecified atom stereocenters. The van der Waals surface area contributed by atoms with Gasteiger partial charge in [0, 0.05) is 13.6 Å². The Morgan fingerprint density at radius 3 is 2.78 bits per heavy atom. The number of amides is 1. The Morgan fingerprint density at radius 2 is 2.22 bits per heavy atom. The van der Waals surface area contributed by atoms with Crippen LogP contribution in [0.1, 0.15) is 29.6 Å². The molecule has 1 aliphatic heterocycles. The molecule has 7 heteroatoms. The number of carboxylic acid groups (broad SMARTS) is 1. The minimum absolute atomic E-state index is 0.259. The highest BCUT2D eigenvalue weighted by Crippen LogP contribution is 2.21. The van der Waals surface area contributed by atoms with Crippen molar-refractivity contribution in [3.05, 3.63) is 11.8 Å². The number of nitrogens with zero attached hydrogens (tertiary/aromatic N) is 3. The Labute approximate surface area is 104 Å². The lowest BCUT2D eigenvalue weighted by atomic mass is 10.0. The lowest BCUT2D eigenvalue weighted by Crippen LogP contribution is -2.48. The molecule has 98 valence electrons. The number of likely N-dealkylation sites (tertiary alicyclic amines) is 1. The molecule has 3 N–H and O–H groups in total. The summed E-state index contributed by atoms with van der Waals surface area (Å²) >= 11 is 0. The Balaban J connectivity index is 2.26. The minimum atomic E-state index is -0.967. The van der Waals surface area contributed by atoms with E-state index in [4.69, 9.17) is 10.8 Å². The van der Waals surface area contributed by atoms with Gasteiger partial charge in [-0.2, -0.15) is 5.10 Å². The molecule has 1 saturated heterocycles. The molecule has 1 amide bonds. The predicted molar refractivity (Wildman–Crippen MR) is 63.9 cm³/mol. The van der Waals surface area contributed by atoms with Gasteiger partial charge < -0.3 is 15.7 Å². The monoisotopic (exact) mass is 252 g/mol. The second kappa shape index (κ2) is 4.67. The Hall–Kier alpha value is -2.05. The molecule has 2 heterocycles. The van der Waals surface area contributed by atoms with Crippen molar-refractivity contribution < 1.29 is 14.7 Å². The molecule has 0 radical (unpaired) electrons. The van der Waals surface area contributed by atoms with Crippen molar-refractivity contribution in [1.82, 2.24) is 14.7 Å². The average molecular weight is 252 g/mol. The average Bonchev–Trinajstić information content (AvgIpc) is 2.69. The van der Waals surface area contributed by atoms with Gasteiger partial charge in [-0.05, 0) is 19.3 Å². The highest BCUT2D eigenvalue weighted by atomic mass is 16.4. The predicted octanol–water partition coefficient (Wildman–Crippen LogP) is 0.0816. The fraction of sp³-hybridized carbons (Fsp3) is 0.545. The van der Waals surface area contributed by atoms with Gasteiger partial charge in [-0.3, -0.25) is 9.48 Å². The van der Waals surface area contributed by atoms with Gasteiger partial charge in [0.05, 0.1) is 6.20 Å². The molecule has 1 aromatic rings. The van der Waals surface area contributed by atoms with Crippen LogP contribution in [-0.2, 0) is 11.8 Å². The summed E-state index contributed by atoms with van der Waals surface area (Å²) in [6.45, 7) is 0.449. The molecule has 0 spiro atoms. The Bertz CT molecular complexity index is 483. The molecule has 7 nitrogen and oxygen atoms in total. The molecule has 1 fully saturated rings. The van der Waals surface area contributed by atoms with Gasteiger partial charge in [0.15, 0.2) is 0 Å². The van der Waals surface area contributed by atoms with Gasteiger partial charge in [-0.15, -0.1) is 0 Å². The number of hydrogen-bond donors (Lipinski definition) is 2. The quantitative estimate of drug-likeness (QED) is 0.776. The second-order valence-corrected chi connectivity index (χ2v) is 4.42. The normalized spacial score (nSPS) is 19.8. The maximum atomic E-state index is 12.3. The lowest BCUT2D eigenvalue weighted by Gasteiger charge is -2.32. The number of carbonyl (C=O) groups is 2. The maximum Gasteiger partial charge on any atom is 0.326 e. The molecular weight excluding hydrogens is 236 g/mol. The van der Waals surface area contributed by atoms with Crippen molar-refractivity contribution >= 4 is 17.7 Å². The smallest absolute Gasteiger partial charge is 0.326 e. The third kappa shape index (κ3) is 2.03. The summed E-state index contributed by atoms with van der Waals surface area (Å²) in [4.78, 5) is 24.8. The number of carbonyl (C=O) groups excluding carboxylic acids is 1. The molecule has 1 aromatic heterocycles. The first-order chi connectivity index (χ1) is 8.52. The van der Waals surface area contributed by atoms with Crippen molar-refractivity contribution in [1.29, 1.82) is 0 Å². The highest BCUT2D eigenvalue weighted by Gasteiger charge is 2.33. The standard InChI is InChI=1S/C11H16N4O3/c1-14-9(12)7(6-13-14)10(16)15-5-3-2-4-8(15)11(17)18/h6,8H,2-5,12H2,1H3,(H,17,18). The van der Waals surface area contributed by atoms with Crippen molar-refractivity contribution in [2.45, 2.75) is 25.3 Å². The summed E-state index contributed by atoms with van der Waals surface area (Å²) < 4.78 is 1.40. The van der Waals surface area contributed by atoms with E-state index >= 15 is 0 Å². The first kappa shape index (κ1) is 12.4. The van der Waals surface area contributed by atoms with E-state index < -0.39 is 12.0 Å². The van der Waals surface area contributed by atoms with Crippen LogP contribution >= 0.6 is 0 Å². The lowest BCUT2D eigenvalue weighted by molar-refractivity contribution is -0.143. The fourth-order valence-corrected chi connectivity index (χ4v) is 2.20. The van der Waals surface area contributed by atoms with E-state index in [1.54, 1.807) is 7.05 Å². The van der Waals surface area contributed by atoms with E-state index in [9.17, 15) is 9.59 Å². The van der Waals surface area contributed by atoms with Crippen LogP contribution < -0.4 is 5.73 Å². The number of aryl methyl sites for hydroxylation is 1. The van der Waals surface area contributed by atoms with Crippen LogP contribution in [0.3, 0.4) is 0 Å². The van der Waals surface area contributed by atoms with E-state index in [2.05, 4.69) is 5.10 Å². The summed E-state index contributed by atoms with van der Waals surface area (Å²) in [6.07, 6.45) is 3.51. The van der Waals surface area contributed by atoms with Crippen LogP contribution in [0.4, 0.5) is 5.82 Å². The molecule has 0 aliphatic carbocycles. The molecule has 1 atom stereocenters. The number of nitrogens with two attached hydrogens (primary N) is 1. The van der Waals surface area contributed by atoms with E-state index in [0.29, 0.717) is 13.0 Å². The van der Waals surface area contributed by atoms with Crippen LogP contribution in [0.25, 0.3) is 0 Å². The zero-order valence-corrected chi connectivity index (χ0v) is 10.2. The minimum Gasteiger partial charge on any atom is -0.480 e. The first-order valence-corrected chi connectivity index (χ1v) is 5.83. The van der Waals surface area contributed by atoms with E-state index in [1.807, 2.05) is 0 Å². The molecule has 2 rings (SSSR count). The molecule has 0 bridgehead atoms. The Morgan fingerprint density at radius 1 is 1.50 bits per heavy atom. The molecule has 18 heavy (non-hydrogen) atoms. The summed E-state index contributed by atoms with van der Waals surface area (Å²) in [5.41, 5.74) is 6.01. The number of rotatable bonds is 2. The second-order valence-electron chi connectivity index (χ2n) is 4.42. The summed E-state index contributed by atoms with van der Waals surface area (Å²) in [7, 11) is 1.64. The third-order valence-corrected chi connectivity index (χ3v) is 3.26. The topological polar surface area (TPSA) is 101 Å². The van der Waals surface area contributed by atoms with Crippen LogP contribution in [0.15, 0.2) is 6.20 Å². The van der Waals surface area contributed by atoms with Crippen molar-refractivity contribution in [3.8, 4) is 0 Å². The number of hydrogen-bond acceptors (Lipinski definition) is 4. The number of carboxylic acids is 1. The van der Waals surface area contributed by atoms with E-state index in [0.717, 1.165) is 12.8 Å². The van der Waals surface area contributed by atoms with E-state index in [1.165, 1.54) is 15.8 Å². The van der Waals surface area contributed by atoms with Crippen LogP contribution in [0, 0.1) is 0 Å². The van der Waals surface area contributed by atoms with Gasteiger partial charge >= 0.3 is 5.97 Å². The SMILES string of the molecule is Cn1ncc(C(=O)N2CCCCC2C(=O)O)c1N. The summed E-state index contributed by atoms with van der Waals surface area (Å²) in [5, 5.41) is 13.0. The van der Waals surface area contributed by atoms with E-state index in [-0.39, 0.29) is 17.3 Å². The van der Waals surface area contributed by atoms with Gasteiger partial charge in [-0.25, -0.2) is 4.79 Å². The number of anilines is 1. The molecular formula is C11H16N4O3. The number of piperidine rings is 1. The zero-order chi connectivity index (χ0) is 13.3. The number of aliphatic carboxylic acids is 1. The maximum absolute atomic E-state index is 12.3. The van der Waals surface area contributed by atoms with Crippen LogP contribution in [-0.4, -0.2) is 44.3 Å². The number of nitrogen functional groups attached to an aromatic ring is 1. The largest absolute Gasteiger partial charge is 0.480 e. The molecule has 0 saturated carbocycles. The molecule has 0 aromatic carbocycles. The summed E-state index contributed by atoms with van der Waals surface area (Å²) in [6, 6.07) is -0.758. The van der Waals surface area contributed by atoms with Crippen LogP contribution in [0.5, 0.6) is 0 Å². The van der Waals surface area contributed by atoms with Gasteiger partial charge in [0.25, 0.3) is 5.91 Å². The van der Waals surface area contributed by atoms with Gasteiger partial charge in [0.2, 0.25) is 0 Å². The Kier molecular flexibility index (Phi) is 3.22. The van der Waals surface area contributed by atoms with Crippen molar-refractivity contribution in [2.75, 3.05) is 12.3 Å². The van der Waals surface area contributed by atoms with Crippen molar-refractivity contribution in [3.63, 3.8) is 0 Å². The van der Waals surface area contributed by atoms with Gasteiger partial charge in [-0.1, -0.05) is 0 Å². The molecule has 1 aliphatic rings. The van der Waals surface area contributed by atoms with Gasteiger partial charge in [0.1, 0.15) is 17.4 Å². The summed E-state index contributed by atoms with van der Waals surface area (Å²) in [5.74, 6) is -1.06. The number of aromatic nitrogens is 2. The third-order valence-electron chi connectivity index (χ3n) is 3.26. The zero-order valence-electron chi connectivity index (χ0n) is 10.2. The van der Waals surface area contributed by atoms with Crippen LogP contribution in [0.2, 0.25) is 0 Å². The van der Waals surface area contributed by atoms with Crippen molar-refractivity contribution in [2.24, 2.45) is 7.05 Å². The fourth-order valence-electron chi connectivity index (χ4n) is 2.20.